The second kappa shape index (κ2) is 9.41. The van der Waals surface area contributed by atoms with Crippen LogP contribution >= 0.6 is 11.6 Å². The molecule has 0 amide bonds. The van der Waals surface area contributed by atoms with E-state index in [1.165, 1.54) is 19.3 Å². The topological polar surface area (TPSA) is 96.5 Å². The second-order valence-corrected chi connectivity index (χ2v) is 10.3. The molecular weight excluding hydrogens is 466 g/mol. The van der Waals surface area contributed by atoms with E-state index in [0.717, 1.165) is 47.2 Å². The van der Waals surface area contributed by atoms with E-state index in [4.69, 9.17) is 30.8 Å². The monoisotopic (exact) mass is 497 g/mol. The molecule has 35 heavy (non-hydrogen) atoms. The molecule has 186 valence electrons. The van der Waals surface area contributed by atoms with Gasteiger partial charge in [0.15, 0.2) is 5.82 Å². The molecule has 1 spiro atoms. The normalized spacial score (nSPS) is 17.3. The summed E-state index contributed by atoms with van der Waals surface area (Å²) in [6, 6.07) is 5.41. The van der Waals surface area contributed by atoms with Crippen LogP contribution in [0.1, 0.15) is 36.3 Å². The van der Waals surface area contributed by atoms with E-state index in [9.17, 15) is 5.11 Å². The maximum absolute atomic E-state index is 10.0. The molecule has 5 rings (SSSR count). The van der Waals surface area contributed by atoms with Crippen LogP contribution in [-0.2, 0) is 0 Å². The number of anilines is 1. The van der Waals surface area contributed by atoms with Gasteiger partial charge in [-0.2, -0.15) is 0 Å². The number of ether oxygens (including phenoxy) is 1. The third-order valence-corrected chi connectivity index (χ3v) is 7.48. The van der Waals surface area contributed by atoms with Gasteiger partial charge >= 0.3 is 0 Å². The van der Waals surface area contributed by atoms with Crippen LogP contribution in [0, 0.1) is 26.2 Å². The third-order valence-electron chi connectivity index (χ3n) is 7.15. The predicted molar refractivity (Wildman–Crippen MR) is 136 cm³/mol. The van der Waals surface area contributed by atoms with Gasteiger partial charge in [0, 0.05) is 30.8 Å². The van der Waals surface area contributed by atoms with Crippen LogP contribution in [0.5, 0.6) is 5.75 Å². The number of nitrogens with zero attached hydrogens (tertiary/aromatic N) is 4. The zero-order chi connectivity index (χ0) is 24.7. The number of aliphatic hydroxyl groups excluding tert-OH is 1. The SMILES string of the molecule is CNC[C@@H](O)COc1ccc(Cl)c(-c2nc(-c3c(C)noc3C)c(C)c(N3CCC4(CC4)C3)n2)c1. The average molecular weight is 498 g/mol. The molecule has 9 heteroatoms. The van der Waals surface area contributed by atoms with Crippen LogP contribution in [0.3, 0.4) is 0 Å². The highest BCUT2D eigenvalue weighted by Crippen LogP contribution is 2.53. The Hall–Kier alpha value is -2.68. The van der Waals surface area contributed by atoms with E-state index in [1.807, 2.05) is 19.9 Å². The van der Waals surface area contributed by atoms with Crippen molar-refractivity contribution in [3.8, 4) is 28.4 Å². The Labute approximate surface area is 210 Å². The first-order valence-electron chi connectivity index (χ1n) is 12.1. The summed E-state index contributed by atoms with van der Waals surface area (Å²) in [6.45, 7) is 8.53. The third kappa shape index (κ3) is 4.75. The van der Waals surface area contributed by atoms with E-state index in [0.29, 0.717) is 34.1 Å². The van der Waals surface area contributed by atoms with Crippen molar-refractivity contribution in [2.45, 2.75) is 46.1 Å². The van der Waals surface area contributed by atoms with Crippen LogP contribution < -0.4 is 15.0 Å². The molecule has 1 aliphatic carbocycles. The molecule has 0 unspecified atom stereocenters. The van der Waals surface area contributed by atoms with Gasteiger partial charge in [0.1, 0.15) is 30.0 Å². The number of aliphatic hydroxyl groups is 1. The van der Waals surface area contributed by atoms with Crippen molar-refractivity contribution < 1.29 is 14.4 Å². The number of hydrogen-bond acceptors (Lipinski definition) is 8. The van der Waals surface area contributed by atoms with Gasteiger partial charge in [-0.05, 0) is 70.7 Å². The van der Waals surface area contributed by atoms with E-state index >= 15 is 0 Å². The molecule has 1 atom stereocenters. The molecule has 2 N–H and O–H groups in total. The molecule has 1 saturated heterocycles. The van der Waals surface area contributed by atoms with Crippen LogP contribution in [0.15, 0.2) is 22.7 Å². The highest BCUT2D eigenvalue weighted by molar-refractivity contribution is 6.33. The zero-order valence-corrected chi connectivity index (χ0v) is 21.4. The summed E-state index contributed by atoms with van der Waals surface area (Å²) in [4.78, 5) is 12.4. The maximum Gasteiger partial charge on any atom is 0.163 e. The molecule has 0 bridgehead atoms. The molecule has 2 aromatic heterocycles. The molecule has 8 nitrogen and oxygen atoms in total. The van der Waals surface area contributed by atoms with Gasteiger partial charge in [0.25, 0.3) is 0 Å². The van der Waals surface area contributed by atoms with Crippen LogP contribution in [0.25, 0.3) is 22.6 Å². The molecule has 2 aliphatic rings. The van der Waals surface area contributed by atoms with Gasteiger partial charge in [-0.25, -0.2) is 9.97 Å². The number of hydrogen-bond donors (Lipinski definition) is 2. The highest BCUT2D eigenvalue weighted by Gasteiger charge is 2.48. The standard InChI is InChI=1S/C26H32ClN5O3/c1-15-23(22-16(2)31-35-17(22)3)29-24(30-25(15)32-10-9-26(14-32)7-8-26)20-11-19(5-6-21(20)27)34-13-18(33)12-28-4/h5-6,11,18,28,33H,7-10,12-14H2,1-4H3/t18-/m1/s1. The van der Waals surface area contributed by atoms with E-state index in [-0.39, 0.29) is 6.61 Å². The molecule has 0 radical (unpaired) electrons. The van der Waals surface area contributed by atoms with E-state index < -0.39 is 6.10 Å². The first-order chi connectivity index (χ1) is 16.8. The maximum atomic E-state index is 10.0. The summed E-state index contributed by atoms with van der Waals surface area (Å²) in [5, 5.41) is 17.7. The first kappa shape index (κ1) is 24.0. The second-order valence-electron chi connectivity index (χ2n) is 9.88. The van der Waals surface area contributed by atoms with Crippen LogP contribution in [-0.4, -0.2) is 59.6 Å². The summed E-state index contributed by atoms with van der Waals surface area (Å²) in [5.41, 5.74) is 4.65. The largest absolute Gasteiger partial charge is 0.491 e. The van der Waals surface area contributed by atoms with Crippen LogP contribution in [0.2, 0.25) is 5.02 Å². The fourth-order valence-electron chi connectivity index (χ4n) is 4.95. The van der Waals surface area contributed by atoms with Crippen molar-refractivity contribution in [2.75, 3.05) is 38.2 Å². The Morgan fingerprint density at radius 2 is 2.03 bits per heavy atom. The van der Waals surface area contributed by atoms with Gasteiger partial charge in [-0.15, -0.1) is 0 Å². The number of halogens is 1. The molecule has 1 aliphatic heterocycles. The summed E-state index contributed by atoms with van der Waals surface area (Å²) in [6.07, 6.45) is 3.17. The predicted octanol–water partition coefficient (Wildman–Crippen LogP) is 4.33. The van der Waals surface area contributed by atoms with Gasteiger partial charge in [0.2, 0.25) is 0 Å². The van der Waals surface area contributed by atoms with Crippen molar-refractivity contribution in [2.24, 2.45) is 5.41 Å². The lowest BCUT2D eigenvalue weighted by molar-refractivity contribution is 0.108. The molecule has 2 fully saturated rings. The van der Waals surface area contributed by atoms with Crippen LogP contribution in [0.4, 0.5) is 5.82 Å². The average Bonchev–Trinajstić information content (AvgIpc) is 3.34. The summed E-state index contributed by atoms with van der Waals surface area (Å²) in [7, 11) is 1.79. The van der Waals surface area contributed by atoms with E-state index in [1.54, 1.807) is 19.2 Å². The lowest BCUT2D eigenvalue weighted by atomic mass is 10.0. The minimum absolute atomic E-state index is 0.169. The molecule has 1 saturated carbocycles. The summed E-state index contributed by atoms with van der Waals surface area (Å²) >= 11 is 6.65. The first-order valence-corrected chi connectivity index (χ1v) is 12.5. The van der Waals surface area contributed by atoms with Crippen molar-refractivity contribution in [1.29, 1.82) is 0 Å². The minimum Gasteiger partial charge on any atom is -0.491 e. The molecule has 3 heterocycles. The Balaban J connectivity index is 1.58. The van der Waals surface area contributed by atoms with Gasteiger partial charge in [-0.3, -0.25) is 0 Å². The Morgan fingerprint density at radius 3 is 2.69 bits per heavy atom. The lowest BCUT2D eigenvalue weighted by Crippen LogP contribution is -2.29. The quantitative estimate of drug-likeness (QED) is 0.474. The number of rotatable bonds is 8. The zero-order valence-electron chi connectivity index (χ0n) is 20.7. The van der Waals surface area contributed by atoms with Gasteiger partial charge in [-0.1, -0.05) is 16.8 Å². The summed E-state index contributed by atoms with van der Waals surface area (Å²) < 4.78 is 11.3. The van der Waals surface area contributed by atoms with Crippen molar-refractivity contribution >= 4 is 17.4 Å². The van der Waals surface area contributed by atoms with Gasteiger partial charge < -0.3 is 24.6 Å². The minimum atomic E-state index is -0.614. The molecular formula is C26H32ClN5O3. The Kier molecular flexibility index (Phi) is 6.46. The highest BCUT2D eigenvalue weighted by atomic mass is 35.5. The van der Waals surface area contributed by atoms with Crippen molar-refractivity contribution in [3.05, 3.63) is 40.2 Å². The lowest BCUT2D eigenvalue weighted by Gasteiger charge is -2.22. The van der Waals surface area contributed by atoms with Gasteiger partial charge in [0.05, 0.1) is 22.0 Å². The number of likely N-dealkylation sites (N-methyl/N-ethyl adjacent to an activating group) is 1. The van der Waals surface area contributed by atoms with Crippen molar-refractivity contribution in [1.82, 2.24) is 20.4 Å². The smallest absolute Gasteiger partial charge is 0.163 e. The molecule has 3 aromatic rings. The molecule has 1 aromatic carbocycles. The number of aromatic nitrogens is 3. The Morgan fingerprint density at radius 1 is 1.23 bits per heavy atom. The fraction of sp³-hybridized carbons (Fsp3) is 0.500. The fourth-order valence-corrected chi connectivity index (χ4v) is 5.15. The Bertz CT molecular complexity index is 1220. The summed E-state index contributed by atoms with van der Waals surface area (Å²) in [5.74, 6) is 2.79. The number of nitrogens with one attached hydrogen (secondary N) is 1. The van der Waals surface area contributed by atoms with E-state index in [2.05, 4.69) is 22.3 Å². The number of benzene rings is 1. The van der Waals surface area contributed by atoms with Crippen molar-refractivity contribution in [3.63, 3.8) is 0 Å². The number of aryl methyl sites for hydroxylation is 2.